The second kappa shape index (κ2) is 5.99. The van der Waals surface area contributed by atoms with Crippen LogP contribution >= 0.6 is 0 Å². The van der Waals surface area contributed by atoms with Gasteiger partial charge in [-0.1, -0.05) is 26.0 Å². The molecule has 4 rings (SSSR count). The van der Waals surface area contributed by atoms with Gasteiger partial charge in [-0.05, 0) is 42.5 Å². The zero-order valence-electron chi connectivity index (χ0n) is 17.0. The van der Waals surface area contributed by atoms with Crippen LogP contribution < -0.4 is 4.57 Å². The molecule has 0 aliphatic rings. The van der Waals surface area contributed by atoms with Gasteiger partial charge in [-0.2, -0.15) is 0 Å². The molecule has 0 amide bonds. The molecule has 0 N–H and O–H groups in total. The molecule has 4 aromatic rings. The average molecular weight is 333 g/mol. The quantitative estimate of drug-likeness (QED) is 0.495. The van der Waals surface area contributed by atoms with Crippen molar-refractivity contribution < 1.29 is 11.7 Å². The van der Waals surface area contributed by atoms with Crippen molar-refractivity contribution in [3.05, 3.63) is 59.9 Å². The molecule has 0 aliphatic carbocycles. The number of fused-ring (bicyclic) bond motifs is 3. The summed E-state index contributed by atoms with van der Waals surface area (Å²) in [6, 6.07) is 11.9. The Kier molecular flexibility index (Phi) is 3.26. The lowest BCUT2D eigenvalue weighted by Gasteiger charge is -2.09. The Morgan fingerprint density at radius 3 is 2.84 bits per heavy atom. The summed E-state index contributed by atoms with van der Waals surface area (Å²) in [5.41, 5.74) is 5.08. The number of aromatic nitrogens is 2. The molecule has 0 bridgehead atoms. The molecule has 3 heteroatoms. The number of benzene rings is 1. The van der Waals surface area contributed by atoms with E-state index in [1.54, 1.807) is 6.20 Å². The highest BCUT2D eigenvalue weighted by Gasteiger charge is 2.21. The van der Waals surface area contributed by atoms with Crippen molar-refractivity contribution >= 4 is 22.1 Å². The van der Waals surface area contributed by atoms with E-state index in [2.05, 4.69) is 24.0 Å². The van der Waals surface area contributed by atoms with Gasteiger partial charge in [-0.25, -0.2) is 9.55 Å². The van der Waals surface area contributed by atoms with Crippen LogP contribution in [0.4, 0.5) is 0 Å². The van der Waals surface area contributed by atoms with Crippen LogP contribution in [0.25, 0.3) is 33.3 Å². The van der Waals surface area contributed by atoms with Gasteiger partial charge in [0, 0.05) is 31.8 Å². The zero-order chi connectivity index (χ0) is 19.3. The number of pyridine rings is 2. The van der Waals surface area contributed by atoms with Crippen molar-refractivity contribution in [2.45, 2.75) is 27.1 Å². The number of hydrogen-bond acceptors (Lipinski definition) is 2. The minimum atomic E-state index is -1.40. The van der Waals surface area contributed by atoms with Gasteiger partial charge < -0.3 is 4.42 Å². The molecule has 25 heavy (non-hydrogen) atoms. The van der Waals surface area contributed by atoms with Gasteiger partial charge in [0.25, 0.3) is 0 Å². The SMILES string of the molecule is [2H]C([2H])(c1cc[n+](C)c(-c2c(C)ccc3c2oc2ncccc23)c1)C(C)C. The molecule has 3 heterocycles. The monoisotopic (exact) mass is 333 g/mol. The van der Waals surface area contributed by atoms with Crippen LogP contribution in [0.3, 0.4) is 0 Å². The molecule has 126 valence electrons. The molecule has 0 saturated heterocycles. The van der Waals surface area contributed by atoms with E-state index in [4.69, 9.17) is 7.16 Å². The van der Waals surface area contributed by atoms with E-state index in [1.807, 2.05) is 55.9 Å². The highest BCUT2D eigenvalue weighted by atomic mass is 16.3. The standard InChI is InChI=1S/C22H23N2O/c1-14(2)12-16-9-11-24(4)19(13-16)20-15(3)7-8-17-18-6-5-10-23-22(18)25-21(17)20/h5-11,13-14H,12H2,1-4H3/q+1/i12D2. The Bertz CT molecular complexity index is 1160. The van der Waals surface area contributed by atoms with E-state index < -0.39 is 6.37 Å². The van der Waals surface area contributed by atoms with Gasteiger partial charge in [0.2, 0.25) is 11.4 Å². The topological polar surface area (TPSA) is 29.9 Å². The van der Waals surface area contributed by atoms with Crippen molar-refractivity contribution in [1.82, 2.24) is 4.98 Å². The summed E-state index contributed by atoms with van der Waals surface area (Å²) in [6.45, 7) is 5.87. The van der Waals surface area contributed by atoms with E-state index >= 15 is 0 Å². The van der Waals surface area contributed by atoms with Crippen LogP contribution in [0.2, 0.25) is 0 Å². The average Bonchev–Trinajstić information content (AvgIpc) is 3.00. The molecule has 1 aromatic carbocycles. The summed E-state index contributed by atoms with van der Waals surface area (Å²) in [4.78, 5) is 4.35. The largest absolute Gasteiger partial charge is 0.437 e. The van der Waals surface area contributed by atoms with Crippen LogP contribution in [0.5, 0.6) is 0 Å². The van der Waals surface area contributed by atoms with Gasteiger partial charge in [0.15, 0.2) is 11.8 Å². The molecule has 3 nitrogen and oxygen atoms in total. The van der Waals surface area contributed by atoms with Crippen LogP contribution in [0, 0.1) is 12.8 Å². The van der Waals surface area contributed by atoms with E-state index in [1.165, 1.54) is 0 Å². The van der Waals surface area contributed by atoms with Crippen LogP contribution in [0.1, 0.15) is 27.7 Å². The van der Waals surface area contributed by atoms with Crippen molar-refractivity contribution in [3.63, 3.8) is 0 Å². The van der Waals surface area contributed by atoms with Crippen LogP contribution in [-0.4, -0.2) is 4.98 Å². The highest BCUT2D eigenvalue weighted by molar-refractivity contribution is 6.08. The molecule has 0 fully saturated rings. The summed E-state index contributed by atoms with van der Waals surface area (Å²) in [5.74, 6) is -0.120. The normalized spacial score (nSPS) is 13.5. The maximum atomic E-state index is 8.48. The Morgan fingerprint density at radius 2 is 2.04 bits per heavy atom. The highest BCUT2D eigenvalue weighted by Crippen LogP contribution is 2.36. The van der Waals surface area contributed by atoms with Crippen molar-refractivity contribution in [1.29, 1.82) is 0 Å². The lowest BCUT2D eigenvalue weighted by atomic mass is 9.97. The Hall–Kier alpha value is -2.68. The minimum absolute atomic E-state index is 0.120. The summed E-state index contributed by atoms with van der Waals surface area (Å²) in [5, 5.41) is 2.01. The maximum absolute atomic E-state index is 8.48. The van der Waals surface area contributed by atoms with Gasteiger partial charge >= 0.3 is 0 Å². The predicted molar refractivity (Wildman–Crippen MR) is 101 cm³/mol. The molecule has 0 atom stereocenters. The Balaban J connectivity index is 2.04. The minimum Gasteiger partial charge on any atom is -0.437 e. The van der Waals surface area contributed by atoms with Crippen LogP contribution in [-0.2, 0) is 13.4 Å². The predicted octanol–water partition coefficient (Wildman–Crippen LogP) is 4.98. The Labute approximate surface area is 150 Å². The van der Waals surface area contributed by atoms with Gasteiger partial charge in [-0.15, -0.1) is 0 Å². The van der Waals surface area contributed by atoms with Gasteiger partial charge in [0.1, 0.15) is 7.05 Å². The first-order chi connectivity index (χ1) is 12.8. The summed E-state index contributed by atoms with van der Waals surface area (Å²) in [6.07, 6.45) is 2.25. The fourth-order valence-electron chi connectivity index (χ4n) is 3.33. The molecule has 0 saturated carbocycles. The van der Waals surface area contributed by atoms with Crippen molar-refractivity contribution in [2.24, 2.45) is 13.0 Å². The molecule has 0 radical (unpaired) electrons. The summed E-state index contributed by atoms with van der Waals surface area (Å²) < 4.78 is 25.1. The van der Waals surface area contributed by atoms with E-state index in [9.17, 15) is 0 Å². The number of hydrogen-bond donors (Lipinski definition) is 0. The number of nitrogens with zero attached hydrogens (tertiary/aromatic N) is 2. The van der Waals surface area contributed by atoms with Gasteiger partial charge in [-0.3, -0.25) is 0 Å². The summed E-state index contributed by atoms with van der Waals surface area (Å²) in [7, 11) is 1.98. The first-order valence-corrected chi connectivity index (χ1v) is 8.58. The lowest BCUT2D eigenvalue weighted by molar-refractivity contribution is -0.660. The van der Waals surface area contributed by atoms with Crippen LogP contribution in [0.15, 0.2) is 53.2 Å². The molecule has 0 unspecified atom stereocenters. The molecular weight excluding hydrogens is 308 g/mol. The second-order valence-electron chi connectivity index (χ2n) is 6.80. The lowest BCUT2D eigenvalue weighted by Crippen LogP contribution is -2.31. The number of aryl methyl sites for hydroxylation is 2. The van der Waals surface area contributed by atoms with E-state index in [0.29, 0.717) is 11.3 Å². The number of furan rings is 1. The molecule has 0 aliphatic heterocycles. The van der Waals surface area contributed by atoms with Gasteiger partial charge in [0.05, 0.1) is 5.56 Å². The maximum Gasteiger partial charge on any atom is 0.227 e. The van der Waals surface area contributed by atoms with Crippen molar-refractivity contribution in [2.75, 3.05) is 0 Å². The summed E-state index contributed by atoms with van der Waals surface area (Å²) >= 11 is 0. The smallest absolute Gasteiger partial charge is 0.227 e. The molecule has 0 spiro atoms. The van der Waals surface area contributed by atoms with Crippen molar-refractivity contribution in [3.8, 4) is 11.3 Å². The second-order valence-corrected chi connectivity index (χ2v) is 6.80. The fraction of sp³-hybridized carbons (Fsp3) is 0.273. The number of rotatable bonds is 3. The zero-order valence-corrected chi connectivity index (χ0v) is 15.0. The van der Waals surface area contributed by atoms with E-state index in [0.717, 1.165) is 33.2 Å². The Morgan fingerprint density at radius 1 is 1.20 bits per heavy atom. The first-order valence-electron chi connectivity index (χ1n) is 9.58. The first kappa shape index (κ1) is 13.6. The van der Waals surface area contributed by atoms with E-state index in [-0.39, 0.29) is 5.92 Å². The molecular formula is C22H23N2O+. The fourth-order valence-corrected chi connectivity index (χ4v) is 3.33. The third kappa shape index (κ3) is 2.70. The third-order valence-corrected chi connectivity index (χ3v) is 4.49. The molecule has 3 aromatic heterocycles. The third-order valence-electron chi connectivity index (χ3n) is 4.49.